The molecule has 3 heteroatoms. The third-order valence-electron chi connectivity index (χ3n) is 3.04. The molecule has 0 saturated carbocycles. The van der Waals surface area contributed by atoms with Gasteiger partial charge in [-0.25, -0.2) is 0 Å². The SMILES string of the molecule is CCCNC1CCN2CCOC1C2. The summed E-state index contributed by atoms with van der Waals surface area (Å²) in [5.41, 5.74) is 0. The summed E-state index contributed by atoms with van der Waals surface area (Å²) in [7, 11) is 0. The fourth-order valence-electron chi connectivity index (χ4n) is 2.25. The lowest BCUT2D eigenvalue weighted by atomic mass is 10.0. The largest absolute Gasteiger partial charge is 0.374 e. The summed E-state index contributed by atoms with van der Waals surface area (Å²) < 4.78 is 5.75. The van der Waals surface area contributed by atoms with Crippen LogP contribution in [0.15, 0.2) is 0 Å². The molecule has 0 spiro atoms. The van der Waals surface area contributed by atoms with Gasteiger partial charge in [0.2, 0.25) is 0 Å². The maximum Gasteiger partial charge on any atom is 0.0855 e. The molecule has 2 heterocycles. The molecular formula is C10H20N2O. The molecule has 2 saturated heterocycles. The number of hydrogen-bond acceptors (Lipinski definition) is 3. The van der Waals surface area contributed by atoms with Crippen molar-refractivity contribution in [1.29, 1.82) is 0 Å². The van der Waals surface area contributed by atoms with Crippen LogP contribution in [0.3, 0.4) is 0 Å². The van der Waals surface area contributed by atoms with Crippen molar-refractivity contribution in [2.24, 2.45) is 0 Å². The molecule has 0 amide bonds. The zero-order chi connectivity index (χ0) is 9.10. The van der Waals surface area contributed by atoms with Crippen LogP contribution >= 0.6 is 0 Å². The van der Waals surface area contributed by atoms with Crippen LogP contribution in [0.4, 0.5) is 0 Å². The van der Waals surface area contributed by atoms with E-state index in [1.165, 1.54) is 19.4 Å². The van der Waals surface area contributed by atoms with Gasteiger partial charge in [0.15, 0.2) is 0 Å². The summed E-state index contributed by atoms with van der Waals surface area (Å²) in [6, 6.07) is 0.608. The molecular weight excluding hydrogens is 164 g/mol. The van der Waals surface area contributed by atoms with Crippen LogP contribution < -0.4 is 5.32 Å². The number of nitrogens with zero attached hydrogens (tertiary/aromatic N) is 1. The molecule has 3 atom stereocenters. The van der Waals surface area contributed by atoms with E-state index in [1.807, 2.05) is 0 Å². The standard InChI is InChI=1S/C10H20N2O/c1-2-4-11-9-3-5-12-6-7-13-10(9)8-12/h9-11H,2-8H2,1H3. The van der Waals surface area contributed by atoms with Crippen molar-refractivity contribution < 1.29 is 4.74 Å². The zero-order valence-corrected chi connectivity index (χ0v) is 8.46. The first-order valence-corrected chi connectivity index (χ1v) is 5.47. The average molecular weight is 184 g/mol. The maximum atomic E-state index is 5.75. The summed E-state index contributed by atoms with van der Waals surface area (Å²) in [6.45, 7) is 7.79. The van der Waals surface area contributed by atoms with E-state index in [4.69, 9.17) is 4.74 Å². The number of rotatable bonds is 3. The first-order chi connectivity index (χ1) is 6.40. The number of nitrogens with one attached hydrogen (secondary N) is 1. The Morgan fingerprint density at radius 1 is 1.46 bits per heavy atom. The molecule has 1 N–H and O–H groups in total. The minimum absolute atomic E-state index is 0.453. The van der Waals surface area contributed by atoms with E-state index in [0.717, 1.165) is 26.2 Å². The Morgan fingerprint density at radius 3 is 3.23 bits per heavy atom. The summed E-state index contributed by atoms with van der Waals surface area (Å²) in [5.74, 6) is 0. The van der Waals surface area contributed by atoms with E-state index < -0.39 is 0 Å². The highest BCUT2D eigenvalue weighted by atomic mass is 16.5. The van der Waals surface area contributed by atoms with Gasteiger partial charge in [-0.2, -0.15) is 0 Å². The highest BCUT2D eigenvalue weighted by molar-refractivity contribution is 4.88. The van der Waals surface area contributed by atoms with Crippen molar-refractivity contribution in [2.75, 3.05) is 32.8 Å². The van der Waals surface area contributed by atoms with E-state index in [0.29, 0.717) is 12.1 Å². The zero-order valence-electron chi connectivity index (χ0n) is 8.46. The number of morpholine rings is 1. The van der Waals surface area contributed by atoms with Crippen LogP contribution in [-0.4, -0.2) is 49.8 Å². The van der Waals surface area contributed by atoms with Gasteiger partial charge in [0, 0.05) is 19.1 Å². The maximum absolute atomic E-state index is 5.75. The minimum atomic E-state index is 0.453. The minimum Gasteiger partial charge on any atom is -0.374 e. The van der Waals surface area contributed by atoms with Crippen LogP contribution in [0.5, 0.6) is 0 Å². The molecule has 3 unspecified atom stereocenters. The van der Waals surface area contributed by atoms with Crippen molar-refractivity contribution in [3.63, 3.8) is 0 Å². The van der Waals surface area contributed by atoms with Gasteiger partial charge in [-0.05, 0) is 25.9 Å². The fraction of sp³-hybridized carbons (Fsp3) is 1.00. The Kier molecular flexibility index (Phi) is 3.19. The second-order valence-electron chi connectivity index (χ2n) is 4.06. The van der Waals surface area contributed by atoms with E-state index >= 15 is 0 Å². The molecule has 0 radical (unpaired) electrons. The average Bonchev–Trinajstić information content (AvgIpc) is 2.18. The summed E-state index contributed by atoms with van der Waals surface area (Å²) in [6.07, 6.45) is 2.92. The molecule has 3 nitrogen and oxygen atoms in total. The predicted molar refractivity (Wildman–Crippen MR) is 52.9 cm³/mol. The highest BCUT2D eigenvalue weighted by Crippen LogP contribution is 2.17. The van der Waals surface area contributed by atoms with Gasteiger partial charge >= 0.3 is 0 Å². The molecule has 2 bridgehead atoms. The molecule has 0 aromatic carbocycles. The van der Waals surface area contributed by atoms with Crippen LogP contribution in [0, 0.1) is 0 Å². The summed E-state index contributed by atoms with van der Waals surface area (Å²) in [4.78, 5) is 2.51. The first-order valence-electron chi connectivity index (χ1n) is 5.47. The third-order valence-corrected chi connectivity index (χ3v) is 3.04. The molecule has 76 valence electrons. The summed E-state index contributed by atoms with van der Waals surface area (Å²) >= 11 is 0. The second kappa shape index (κ2) is 4.40. The number of hydrogen-bond donors (Lipinski definition) is 1. The predicted octanol–water partition coefficient (Wildman–Crippen LogP) is 0.459. The van der Waals surface area contributed by atoms with E-state index in [9.17, 15) is 0 Å². The molecule has 0 aromatic rings. The van der Waals surface area contributed by atoms with Gasteiger partial charge in [0.25, 0.3) is 0 Å². The molecule has 0 aromatic heterocycles. The molecule has 2 fully saturated rings. The van der Waals surface area contributed by atoms with Crippen LogP contribution in [0.25, 0.3) is 0 Å². The van der Waals surface area contributed by atoms with E-state index in [2.05, 4.69) is 17.1 Å². The second-order valence-corrected chi connectivity index (χ2v) is 4.06. The van der Waals surface area contributed by atoms with Crippen molar-refractivity contribution in [3.8, 4) is 0 Å². The van der Waals surface area contributed by atoms with Crippen molar-refractivity contribution in [3.05, 3.63) is 0 Å². The van der Waals surface area contributed by atoms with Gasteiger partial charge in [-0.15, -0.1) is 0 Å². The lowest BCUT2D eigenvalue weighted by Gasteiger charge is -2.42. The molecule has 13 heavy (non-hydrogen) atoms. The molecule has 0 aliphatic carbocycles. The number of fused-ring (bicyclic) bond motifs is 2. The quantitative estimate of drug-likeness (QED) is 0.689. The van der Waals surface area contributed by atoms with Gasteiger partial charge in [-0.1, -0.05) is 6.92 Å². The number of ether oxygens (including phenoxy) is 1. The van der Waals surface area contributed by atoms with Crippen LogP contribution in [-0.2, 0) is 4.74 Å². The van der Waals surface area contributed by atoms with Gasteiger partial charge in [0.1, 0.15) is 0 Å². The van der Waals surface area contributed by atoms with Crippen LogP contribution in [0.1, 0.15) is 19.8 Å². The van der Waals surface area contributed by atoms with Crippen molar-refractivity contribution in [2.45, 2.75) is 31.9 Å². The number of piperidine rings is 1. The molecule has 2 aliphatic heterocycles. The third kappa shape index (κ3) is 2.22. The molecule has 2 aliphatic rings. The van der Waals surface area contributed by atoms with Crippen LogP contribution in [0.2, 0.25) is 0 Å². The van der Waals surface area contributed by atoms with Gasteiger partial charge in [-0.3, -0.25) is 4.90 Å². The van der Waals surface area contributed by atoms with E-state index in [1.54, 1.807) is 0 Å². The Bertz CT molecular complexity index is 161. The Morgan fingerprint density at radius 2 is 2.38 bits per heavy atom. The monoisotopic (exact) mass is 184 g/mol. The normalized spacial score (nSPS) is 39.0. The fourth-order valence-corrected chi connectivity index (χ4v) is 2.25. The topological polar surface area (TPSA) is 24.5 Å². The Balaban J connectivity index is 1.83. The van der Waals surface area contributed by atoms with Gasteiger partial charge < -0.3 is 10.1 Å². The smallest absolute Gasteiger partial charge is 0.0855 e. The van der Waals surface area contributed by atoms with E-state index in [-0.39, 0.29) is 0 Å². The summed E-state index contributed by atoms with van der Waals surface area (Å²) in [5, 5.41) is 3.58. The highest BCUT2D eigenvalue weighted by Gasteiger charge is 2.32. The lowest BCUT2D eigenvalue weighted by Crippen LogP contribution is -2.57. The first kappa shape index (κ1) is 9.44. The lowest BCUT2D eigenvalue weighted by molar-refractivity contribution is -0.0718. The van der Waals surface area contributed by atoms with Crippen molar-refractivity contribution in [1.82, 2.24) is 10.2 Å². The molecule has 2 rings (SSSR count). The van der Waals surface area contributed by atoms with Gasteiger partial charge in [0.05, 0.1) is 12.7 Å². The Labute approximate surface area is 80.4 Å². The Hall–Kier alpha value is -0.120. The van der Waals surface area contributed by atoms with Crippen molar-refractivity contribution >= 4 is 0 Å².